The van der Waals surface area contributed by atoms with Crippen molar-refractivity contribution in [2.75, 3.05) is 53.4 Å². The summed E-state index contributed by atoms with van der Waals surface area (Å²) in [5.41, 5.74) is 1.15. The number of hydrogen-bond acceptors (Lipinski definition) is 5. The van der Waals surface area contributed by atoms with E-state index < -0.39 is 0 Å². The first-order chi connectivity index (χ1) is 11.5. The van der Waals surface area contributed by atoms with Crippen molar-refractivity contribution in [2.24, 2.45) is 4.99 Å². The van der Waals surface area contributed by atoms with Crippen molar-refractivity contribution in [2.45, 2.75) is 33.2 Å². The summed E-state index contributed by atoms with van der Waals surface area (Å²) in [7, 11) is 4.02. The Labute approximate surface area is 150 Å². The number of nitrogens with one attached hydrogen (secondary N) is 2. The van der Waals surface area contributed by atoms with E-state index in [9.17, 15) is 0 Å². The molecule has 7 heteroatoms. The van der Waals surface area contributed by atoms with E-state index in [1.54, 1.807) is 11.3 Å². The molecule has 0 saturated carbocycles. The Morgan fingerprint density at radius 2 is 1.96 bits per heavy atom. The molecule has 0 radical (unpaired) electrons. The molecule has 0 bridgehead atoms. The molecule has 1 fully saturated rings. The Bertz CT molecular complexity index is 514. The summed E-state index contributed by atoms with van der Waals surface area (Å²) >= 11 is 1.79. The number of nitrogens with zero attached hydrogens (tertiary/aromatic N) is 4. The van der Waals surface area contributed by atoms with Gasteiger partial charge in [-0.3, -0.25) is 9.89 Å². The van der Waals surface area contributed by atoms with Gasteiger partial charge in [0.25, 0.3) is 0 Å². The third-order valence-electron chi connectivity index (χ3n) is 4.65. The highest BCUT2D eigenvalue weighted by Crippen LogP contribution is 2.16. The van der Waals surface area contributed by atoms with Crippen LogP contribution in [0.1, 0.15) is 22.5 Å². The molecule has 1 saturated heterocycles. The zero-order chi connectivity index (χ0) is 17.5. The molecule has 24 heavy (non-hydrogen) atoms. The lowest BCUT2D eigenvalue weighted by molar-refractivity contribution is 0.120. The number of aliphatic imine (C=N–C) groups is 1. The van der Waals surface area contributed by atoms with E-state index in [0.29, 0.717) is 6.04 Å². The number of rotatable bonds is 6. The van der Waals surface area contributed by atoms with Crippen molar-refractivity contribution in [3.8, 4) is 0 Å². The van der Waals surface area contributed by atoms with Gasteiger partial charge in [-0.05, 0) is 27.8 Å². The van der Waals surface area contributed by atoms with Crippen LogP contribution in [-0.2, 0) is 6.42 Å². The molecule has 0 aliphatic carbocycles. The molecule has 0 amide bonds. The first kappa shape index (κ1) is 19.1. The number of thiazole rings is 1. The Morgan fingerprint density at radius 1 is 1.25 bits per heavy atom. The van der Waals surface area contributed by atoms with Gasteiger partial charge in [0.15, 0.2) is 5.96 Å². The molecule has 0 spiro atoms. The zero-order valence-corrected chi connectivity index (χ0v) is 16.5. The fourth-order valence-corrected chi connectivity index (χ4v) is 3.72. The third-order valence-corrected chi connectivity index (χ3v) is 5.79. The topological polar surface area (TPSA) is 55.8 Å². The predicted molar refractivity (Wildman–Crippen MR) is 103 cm³/mol. The molecule has 1 aromatic heterocycles. The van der Waals surface area contributed by atoms with E-state index in [1.165, 1.54) is 9.88 Å². The molecule has 1 atom stereocenters. The van der Waals surface area contributed by atoms with Gasteiger partial charge >= 0.3 is 0 Å². The van der Waals surface area contributed by atoms with Gasteiger partial charge in [0.2, 0.25) is 0 Å². The fourth-order valence-electron chi connectivity index (χ4n) is 2.79. The number of aryl methyl sites for hydroxylation is 2. The predicted octanol–water partition coefficient (Wildman–Crippen LogP) is 1.10. The molecule has 2 N–H and O–H groups in total. The van der Waals surface area contributed by atoms with Crippen molar-refractivity contribution >= 4 is 17.3 Å². The molecule has 6 nitrogen and oxygen atoms in total. The Hall–Kier alpha value is -1.18. The van der Waals surface area contributed by atoms with E-state index in [2.05, 4.69) is 58.2 Å². The summed E-state index contributed by atoms with van der Waals surface area (Å²) in [5.74, 6) is 0.876. The molecule has 1 aromatic rings. The molecule has 136 valence electrons. The minimum absolute atomic E-state index is 0.515. The number of likely N-dealkylation sites (N-methyl/N-ethyl adjacent to an activating group) is 1. The van der Waals surface area contributed by atoms with Crippen molar-refractivity contribution in [3.63, 3.8) is 0 Å². The minimum atomic E-state index is 0.515. The van der Waals surface area contributed by atoms with E-state index >= 15 is 0 Å². The summed E-state index contributed by atoms with van der Waals surface area (Å²) in [6.07, 6.45) is 0.939. The van der Waals surface area contributed by atoms with Crippen LogP contribution in [0.5, 0.6) is 0 Å². The van der Waals surface area contributed by atoms with Gasteiger partial charge in [0.05, 0.1) is 10.7 Å². The summed E-state index contributed by atoms with van der Waals surface area (Å²) in [4.78, 5) is 15.1. The fraction of sp³-hybridized carbons (Fsp3) is 0.765. The standard InChI is InChI=1S/C17H32N6S/c1-13(23-10-8-22(5)9-11-23)12-20-17(18-4)19-7-6-16-21-14(2)15(3)24-16/h13H,6-12H2,1-5H3,(H2,18,19,20). The molecule has 1 aliphatic rings. The molecule has 1 aliphatic heterocycles. The van der Waals surface area contributed by atoms with Gasteiger partial charge < -0.3 is 15.5 Å². The molecular formula is C17H32N6S. The van der Waals surface area contributed by atoms with Crippen LogP contribution in [0, 0.1) is 13.8 Å². The largest absolute Gasteiger partial charge is 0.356 e. The van der Waals surface area contributed by atoms with Gasteiger partial charge in [0.1, 0.15) is 0 Å². The van der Waals surface area contributed by atoms with Gasteiger partial charge in [-0.25, -0.2) is 4.98 Å². The summed E-state index contributed by atoms with van der Waals surface area (Å²) in [6, 6.07) is 0.515. The monoisotopic (exact) mass is 352 g/mol. The Balaban J connectivity index is 1.68. The molecule has 2 heterocycles. The number of piperazine rings is 1. The normalized spacial score (nSPS) is 18.6. The van der Waals surface area contributed by atoms with Crippen molar-refractivity contribution in [3.05, 3.63) is 15.6 Å². The van der Waals surface area contributed by atoms with Crippen molar-refractivity contribution < 1.29 is 0 Å². The van der Waals surface area contributed by atoms with Crippen LogP contribution in [0.15, 0.2) is 4.99 Å². The van der Waals surface area contributed by atoms with Crippen LogP contribution in [0.3, 0.4) is 0 Å². The lowest BCUT2D eigenvalue weighted by Crippen LogP contribution is -2.52. The minimum Gasteiger partial charge on any atom is -0.356 e. The highest BCUT2D eigenvalue weighted by atomic mass is 32.1. The van der Waals surface area contributed by atoms with E-state index in [1.807, 2.05) is 7.05 Å². The van der Waals surface area contributed by atoms with Crippen LogP contribution in [0.2, 0.25) is 0 Å². The molecule has 2 rings (SSSR count). The lowest BCUT2D eigenvalue weighted by atomic mass is 10.2. The lowest BCUT2D eigenvalue weighted by Gasteiger charge is -2.36. The van der Waals surface area contributed by atoms with Gasteiger partial charge in [0, 0.05) is 63.7 Å². The van der Waals surface area contributed by atoms with Crippen molar-refractivity contribution in [1.29, 1.82) is 0 Å². The van der Waals surface area contributed by atoms with Gasteiger partial charge in [-0.15, -0.1) is 11.3 Å². The number of aromatic nitrogens is 1. The molecular weight excluding hydrogens is 320 g/mol. The SMILES string of the molecule is CN=C(NCCc1nc(C)c(C)s1)NCC(C)N1CCN(C)CC1. The highest BCUT2D eigenvalue weighted by molar-refractivity contribution is 7.11. The molecule has 1 unspecified atom stereocenters. The van der Waals surface area contributed by atoms with E-state index in [4.69, 9.17) is 0 Å². The maximum absolute atomic E-state index is 4.58. The van der Waals surface area contributed by atoms with Gasteiger partial charge in [-0.2, -0.15) is 0 Å². The summed E-state index contributed by atoms with van der Waals surface area (Å²) in [6.45, 7) is 12.9. The first-order valence-corrected chi connectivity index (χ1v) is 9.61. The van der Waals surface area contributed by atoms with Crippen LogP contribution in [-0.4, -0.2) is 80.1 Å². The smallest absolute Gasteiger partial charge is 0.191 e. The van der Waals surface area contributed by atoms with Crippen LogP contribution < -0.4 is 10.6 Å². The second-order valence-corrected chi connectivity index (χ2v) is 7.86. The summed E-state index contributed by atoms with van der Waals surface area (Å²) < 4.78 is 0. The maximum atomic E-state index is 4.58. The number of hydrogen-bond donors (Lipinski definition) is 2. The first-order valence-electron chi connectivity index (χ1n) is 8.79. The number of guanidine groups is 1. The Kier molecular flexibility index (Phi) is 7.45. The van der Waals surface area contributed by atoms with Gasteiger partial charge in [-0.1, -0.05) is 0 Å². The third kappa shape index (κ3) is 5.72. The van der Waals surface area contributed by atoms with E-state index in [-0.39, 0.29) is 0 Å². The van der Waals surface area contributed by atoms with E-state index in [0.717, 1.165) is 57.3 Å². The second-order valence-electron chi connectivity index (χ2n) is 6.57. The van der Waals surface area contributed by atoms with Crippen LogP contribution >= 0.6 is 11.3 Å². The van der Waals surface area contributed by atoms with Crippen molar-refractivity contribution in [1.82, 2.24) is 25.4 Å². The second kappa shape index (κ2) is 9.34. The average Bonchev–Trinajstić information content (AvgIpc) is 2.89. The highest BCUT2D eigenvalue weighted by Gasteiger charge is 2.19. The quantitative estimate of drug-likeness (QED) is 0.593. The summed E-state index contributed by atoms with van der Waals surface area (Å²) in [5, 5.41) is 8.03. The zero-order valence-electron chi connectivity index (χ0n) is 15.7. The average molecular weight is 353 g/mol. The Morgan fingerprint density at radius 3 is 2.54 bits per heavy atom. The van der Waals surface area contributed by atoms with Crippen LogP contribution in [0.25, 0.3) is 0 Å². The molecule has 0 aromatic carbocycles. The van der Waals surface area contributed by atoms with Crippen LogP contribution in [0.4, 0.5) is 0 Å². The maximum Gasteiger partial charge on any atom is 0.191 e.